The summed E-state index contributed by atoms with van der Waals surface area (Å²) in [5.74, 6) is -0.949. The van der Waals surface area contributed by atoms with Crippen molar-refractivity contribution >= 4 is 17.9 Å². The molecule has 0 aromatic heterocycles. The van der Waals surface area contributed by atoms with Crippen LogP contribution in [0.5, 0.6) is 0 Å². The number of unbranched alkanes of at least 4 members (excludes halogenated alkanes) is 29. The van der Waals surface area contributed by atoms with Crippen molar-refractivity contribution in [1.82, 2.24) is 0 Å². The normalized spacial score (nSPS) is 12.9. The monoisotopic (exact) mass is 1110 g/mol. The highest BCUT2D eigenvalue weighted by Crippen LogP contribution is 2.17. The molecule has 0 bridgehead atoms. The number of carbonyl (C=O) groups is 3. The molecule has 1 atom stereocenters. The summed E-state index contributed by atoms with van der Waals surface area (Å²) < 4.78 is 16.9. The van der Waals surface area contributed by atoms with Crippen molar-refractivity contribution < 1.29 is 28.6 Å². The maximum absolute atomic E-state index is 12.9. The fourth-order valence-corrected chi connectivity index (χ4v) is 9.27. The van der Waals surface area contributed by atoms with Gasteiger partial charge in [-0.25, -0.2) is 0 Å². The molecule has 0 radical (unpaired) electrons. The van der Waals surface area contributed by atoms with Crippen molar-refractivity contribution in [2.45, 2.75) is 316 Å². The molecule has 0 N–H and O–H groups in total. The highest BCUT2D eigenvalue weighted by Gasteiger charge is 2.19. The number of hydrogen-bond acceptors (Lipinski definition) is 6. The van der Waals surface area contributed by atoms with E-state index >= 15 is 0 Å². The Kier molecular flexibility index (Phi) is 63.8. The molecule has 0 amide bonds. The quantitative estimate of drug-likeness (QED) is 0.0261. The lowest BCUT2D eigenvalue weighted by Gasteiger charge is -2.18. The third kappa shape index (κ3) is 64.6. The molecule has 80 heavy (non-hydrogen) atoms. The van der Waals surface area contributed by atoms with E-state index in [1.165, 1.54) is 154 Å². The summed E-state index contributed by atoms with van der Waals surface area (Å²) in [6.45, 7) is 6.39. The Bertz CT molecular complexity index is 1650. The molecule has 0 aliphatic carbocycles. The van der Waals surface area contributed by atoms with Crippen molar-refractivity contribution in [1.29, 1.82) is 0 Å². The molecule has 0 heterocycles. The zero-order chi connectivity index (χ0) is 57.8. The van der Waals surface area contributed by atoms with Crippen LogP contribution in [0.1, 0.15) is 310 Å². The van der Waals surface area contributed by atoms with E-state index in [0.717, 1.165) is 109 Å². The van der Waals surface area contributed by atoms with E-state index in [1.807, 2.05) is 0 Å². The molecule has 6 heteroatoms. The fourth-order valence-electron chi connectivity index (χ4n) is 9.27. The van der Waals surface area contributed by atoms with Crippen LogP contribution >= 0.6 is 0 Å². The van der Waals surface area contributed by atoms with E-state index in [2.05, 4.69) is 142 Å². The van der Waals surface area contributed by atoms with E-state index in [4.69, 9.17) is 14.2 Å². The summed E-state index contributed by atoms with van der Waals surface area (Å²) >= 11 is 0. The number of rotatable bonds is 60. The second kappa shape index (κ2) is 67.3. The molecule has 0 aromatic carbocycles. The van der Waals surface area contributed by atoms with Crippen LogP contribution in [0.3, 0.4) is 0 Å². The number of esters is 3. The second-order valence-electron chi connectivity index (χ2n) is 22.0. The maximum atomic E-state index is 12.9. The summed E-state index contributed by atoms with van der Waals surface area (Å²) in [4.78, 5) is 38.4. The molecule has 1 unspecified atom stereocenters. The Balaban J connectivity index is 4.34. The molecule has 0 saturated carbocycles. The van der Waals surface area contributed by atoms with Crippen molar-refractivity contribution in [3.05, 3.63) is 122 Å². The van der Waals surface area contributed by atoms with E-state index in [9.17, 15) is 14.4 Å². The standard InChI is InChI=1S/C74H124O6/c1-4-7-10-13-16-19-22-25-28-31-32-33-34-35-36-37-38-39-40-41-42-44-46-49-52-55-58-61-64-67-73(76)79-70-71(69-78-72(75)66-63-60-57-54-51-48-45-30-27-24-21-18-15-12-9-6-3)80-74(77)68-65-62-59-56-53-50-47-43-29-26-23-20-17-14-11-8-5-2/h7-8,10-11,16-17,19-20,25-26,28-29,32-33,35-36,47,50,56,59,71H,4-6,9,12-15,18,21-24,27,30-31,34,37-46,48-49,51-55,57-58,60-70H2,1-3H3/b10-7-,11-8-,19-16-,20-17-,28-25-,29-26-,33-32-,36-35-,50-47-,59-56-. The van der Waals surface area contributed by atoms with Crippen LogP contribution in [-0.4, -0.2) is 37.2 Å². The van der Waals surface area contributed by atoms with Gasteiger partial charge in [-0.05, 0) is 103 Å². The Labute approximate surface area is 494 Å². The average Bonchev–Trinajstić information content (AvgIpc) is 3.46. The number of ether oxygens (including phenoxy) is 3. The summed E-state index contributed by atoms with van der Waals surface area (Å²) in [6, 6.07) is 0. The minimum Gasteiger partial charge on any atom is -0.462 e. The Morgan fingerprint density at radius 2 is 0.500 bits per heavy atom. The van der Waals surface area contributed by atoms with Gasteiger partial charge in [0.1, 0.15) is 13.2 Å². The highest BCUT2D eigenvalue weighted by molar-refractivity contribution is 5.71. The van der Waals surface area contributed by atoms with Gasteiger partial charge in [-0.2, -0.15) is 0 Å². The molecule has 0 aliphatic rings. The van der Waals surface area contributed by atoms with Crippen LogP contribution < -0.4 is 0 Å². The smallest absolute Gasteiger partial charge is 0.306 e. The highest BCUT2D eigenvalue weighted by atomic mass is 16.6. The minimum atomic E-state index is -0.810. The van der Waals surface area contributed by atoms with Gasteiger partial charge in [0.15, 0.2) is 6.10 Å². The molecular weight excluding hydrogens is 985 g/mol. The van der Waals surface area contributed by atoms with E-state index in [0.29, 0.717) is 19.3 Å². The third-order valence-corrected chi connectivity index (χ3v) is 14.2. The summed E-state index contributed by atoms with van der Waals surface area (Å²) in [7, 11) is 0. The first kappa shape index (κ1) is 75.8. The SMILES string of the molecule is CC/C=C\C/C=C\C/C=C\C/C=C\C/C=C\CCCCCCCCCCCCCCCC(=O)OCC(COC(=O)CCCCCCCCCCCCCCCCCC)OC(=O)CCC/C=C\C/C=C\C/C=C\C/C=C\C/C=C\CC. The van der Waals surface area contributed by atoms with Crippen LogP contribution in [0.15, 0.2) is 122 Å². The van der Waals surface area contributed by atoms with Gasteiger partial charge in [0, 0.05) is 19.3 Å². The molecule has 456 valence electrons. The lowest BCUT2D eigenvalue weighted by Crippen LogP contribution is -2.30. The van der Waals surface area contributed by atoms with Crippen molar-refractivity contribution in [2.75, 3.05) is 13.2 Å². The molecule has 0 rings (SSSR count). The Morgan fingerprint density at radius 1 is 0.263 bits per heavy atom. The molecule has 6 nitrogen and oxygen atoms in total. The van der Waals surface area contributed by atoms with E-state index < -0.39 is 6.10 Å². The average molecular weight is 1110 g/mol. The fraction of sp³-hybridized carbons (Fsp3) is 0.689. The summed E-state index contributed by atoms with van der Waals surface area (Å²) in [5.41, 5.74) is 0. The van der Waals surface area contributed by atoms with Crippen LogP contribution in [0, 0.1) is 0 Å². The predicted molar refractivity (Wildman–Crippen MR) is 348 cm³/mol. The zero-order valence-electron chi connectivity index (χ0n) is 52.3. The molecule has 0 spiro atoms. The molecule has 0 aromatic rings. The van der Waals surface area contributed by atoms with Gasteiger partial charge in [0.25, 0.3) is 0 Å². The Hall–Kier alpha value is -4.19. The first-order valence-corrected chi connectivity index (χ1v) is 33.5. The third-order valence-electron chi connectivity index (χ3n) is 14.2. The second-order valence-corrected chi connectivity index (χ2v) is 22.0. The number of carbonyl (C=O) groups excluding carboxylic acids is 3. The van der Waals surface area contributed by atoms with Gasteiger partial charge >= 0.3 is 17.9 Å². The van der Waals surface area contributed by atoms with Crippen LogP contribution in [0.2, 0.25) is 0 Å². The molecule has 0 saturated heterocycles. The predicted octanol–water partition coefficient (Wildman–Crippen LogP) is 23.2. The topological polar surface area (TPSA) is 78.9 Å². The van der Waals surface area contributed by atoms with Gasteiger partial charge in [-0.15, -0.1) is 0 Å². The largest absolute Gasteiger partial charge is 0.462 e. The maximum Gasteiger partial charge on any atom is 0.306 e. The van der Waals surface area contributed by atoms with Gasteiger partial charge in [-0.3, -0.25) is 14.4 Å². The molecule has 0 fully saturated rings. The van der Waals surface area contributed by atoms with Crippen LogP contribution in [-0.2, 0) is 28.6 Å². The Morgan fingerprint density at radius 3 is 0.800 bits per heavy atom. The molecular formula is C74H124O6. The first-order valence-electron chi connectivity index (χ1n) is 33.5. The van der Waals surface area contributed by atoms with Gasteiger partial charge < -0.3 is 14.2 Å². The van der Waals surface area contributed by atoms with Crippen molar-refractivity contribution in [3.8, 4) is 0 Å². The summed E-state index contributed by atoms with van der Waals surface area (Å²) in [5, 5.41) is 0. The van der Waals surface area contributed by atoms with Gasteiger partial charge in [0.2, 0.25) is 0 Å². The summed E-state index contributed by atoms with van der Waals surface area (Å²) in [6.07, 6.45) is 93.6. The van der Waals surface area contributed by atoms with E-state index in [1.54, 1.807) is 0 Å². The minimum absolute atomic E-state index is 0.0993. The lowest BCUT2D eigenvalue weighted by molar-refractivity contribution is -0.167. The van der Waals surface area contributed by atoms with Crippen LogP contribution in [0.25, 0.3) is 0 Å². The van der Waals surface area contributed by atoms with E-state index in [-0.39, 0.29) is 37.5 Å². The first-order chi connectivity index (χ1) is 39.5. The number of allylic oxidation sites excluding steroid dienone is 20. The van der Waals surface area contributed by atoms with Crippen molar-refractivity contribution in [3.63, 3.8) is 0 Å². The number of hydrogen-bond donors (Lipinski definition) is 0. The molecule has 0 aliphatic heterocycles. The van der Waals surface area contributed by atoms with Crippen LogP contribution in [0.4, 0.5) is 0 Å². The van der Waals surface area contributed by atoms with Crippen molar-refractivity contribution in [2.24, 2.45) is 0 Å². The van der Waals surface area contributed by atoms with Gasteiger partial charge in [0.05, 0.1) is 0 Å². The van der Waals surface area contributed by atoms with Gasteiger partial charge in [-0.1, -0.05) is 309 Å². The zero-order valence-corrected chi connectivity index (χ0v) is 52.3. The lowest BCUT2D eigenvalue weighted by atomic mass is 10.0.